The van der Waals surface area contributed by atoms with E-state index in [4.69, 9.17) is 4.74 Å². The topological polar surface area (TPSA) is 53.0 Å². The van der Waals surface area contributed by atoms with Gasteiger partial charge in [0.15, 0.2) is 0 Å². The van der Waals surface area contributed by atoms with Crippen LogP contribution < -0.4 is 9.64 Å². The number of aliphatic hydroxyl groups excluding tert-OH is 1. The molecule has 1 atom stereocenters. The van der Waals surface area contributed by atoms with Crippen molar-refractivity contribution in [2.45, 2.75) is 25.9 Å². The second-order valence-corrected chi connectivity index (χ2v) is 5.46. The molecule has 0 saturated carbocycles. The van der Waals surface area contributed by atoms with Gasteiger partial charge in [0.1, 0.15) is 5.75 Å². The van der Waals surface area contributed by atoms with Gasteiger partial charge in [-0.2, -0.15) is 0 Å². The zero-order valence-corrected chi connectivity index (χ0v) is 12.8. The molecule has 1 unspecified atom stereocenters. The first-order chi connectivity index (χ1) is 10.1. The molecule has 1 aliphatic rings. The molecule has 5 heteroatoms. The number of benzene rings is 1. The molecule has 1 amide bonds. The number of carbonyl (C=O) groups is 1. The lowest BCUT2D eigenvalue weighted by Gasteiger charge is -2.36. The number of hydrogen-bond acceptors (Lipinski definition) is 4. The van der Waals surface area contributed by atoms with Gasteiger partial charge in [0.05, 0.1) is 13.2 Å². The van der Waals surface area contributed by atoms with Gasteiger partial charge in [-0.05, 0) is 25.5 Å². The first kappa shape index (κ1) is 15.6. The summed E-state index contributed by atoms with van der Waals surface area (Å²) in [6.07, 6.45) is 0.554. The van der Waals surface area contributed by atoms with Gasteiger partial charge >= 0.3 is 0 Å². The standard InChI is InChI=1S/C16H24N2O3/c1-13(19)6-7-16(20)18-10-8-17(9-11-18)14-4-3-5-15(12-14)21-2/h3-5,12-13,19H,6-11H2,1-2H3. The van der Waals surface area contributed by atoms with Crippen LogP contribution in [0.3, 0.4) is 0 Å². The third kappa shape index (κ3) is 4.36. The van der Waals surface area contributed by atoms with Crippen molar-refractivity contribution >= 4 is 11.6 Å². The number of methoxy groups -OCH3 is 1. The van der Waals surface area contributed by atoms with Crippen molar-refractivity contribution in [3.05, 3.63) is 24.3 Å². The van der Waals surface area contributed by atoms with Crippen LogP contribution in [0.15, 0.2) is 24.3 Å². The number of carbonyl (C=O) groups excluding carboxylic acids is 1. The maximum atomic E-state index is 12.0. The highest BCUT2D eigenvalue weighted by molar-refractivity contribution is 5.76. The number of aliphatic hydroxyl groups is 1. The second kappa shape index (κ2) is 7.31. The number of anilines is 1. The maximum absolute atomic E-state index is 12.0. The van der Waals surface area contributed by atoms with Crippen molar-refractivity contribution in [2.75, 3.05) is 38.2 Å². The Morgan fingerprint density at radius 1 is 1.33 bits per heavy atom. The molecular formula is C16H24N2O3. The Bertz CT molecular complexity index is 468. The molecule has 5 nitrogen and oxygen atoms in total. The number of amides is 1. The van der Waals surface area contributed by atoms with Crippen LogP contribution in [0.25, 0.3) is 0 Å². The smallest absolute Gasteiger partial charge is 0.222 e. The minimum Gasteiger partial charge on any atom is -0.497 e. The third-order valence-corrected chi connectivity index (χ3v) is 3.83. The normalized spacial score (nSPS) is 16.7. The first-order valence-electron chi connectivity index (χ1n) is 7.45. The predicted octanol–water partition coefficient (Wildman–Crippen LogP) is 1.50. The summed E-state index contributed by atoms with van der Waals surface area (Å²) in [7, 11) is 1.66. The molecule has 116 valence electrons. The Morgan fingerprint density at radius 2 is 2.05 bits per heavy atom. The van der Waals surface area contributed by atoms with Gasteiger partial charge in [0.2, 0.25) is 5.91 Å². The van der Waals surface area contributed by atoms with Gasteiger partial charge in [-0.1, -0.05) is 6.07 Å². The van der Waals surface area contributed by atoms with Crippen molar-refractivity contribution < 1.29 is 14.6 Å². The van der Waals surface area contributed by atoms with Gasteiger partial charge in [-0.15, -0.1) is 0 Å². The molecule has 1 saturated heterocycles. The lowest BCUT2D eigenvalue weighted by atomic mass is 10.2. The summed E-state index contributed by atoms with van der Waals surface area (Å²) in [4.78, 5) is 16.2. The van der Waals surface area contributed by atoms with E-state index in [9.17, 15) is 9.90 Å². The van der Waals surface area contributed by atoms with Gasteiger partial charge in [0, 0.05) is 44.4 Å². The molecule has 1 aromatic rings. The average molecular weight is 292 g/mol. The van der Waals surface area contributed by atoms with Crippen molar-refractivity contribution in [2.24, 2.45) is 0 Å². The minimum atomic E-state index is -0.410. The van der Waals surface area contributed by atoms with E-state index in [1.807, 2.05) is 23.1 Å². The number of ether oxygens (including phenoxy) is 1. The fourth-order valence-corrected chi connectivity index (χ4v) is 2.51. The SMILES string of the molecule is COc1cccc(N2CCN(C(=O)CCC(C)O)CC2)c1. The molecule has 1 fully saturated rings. The van der Waals surface area contributed by atoms with Crippen LogP contribution in [-0.2, 0) is 4.79 Å². The van der Waals surface area contributed by atoms with Crippen molar-refractivity contribution in [1.29, 1.82) is 0 Å². The fraction of sp³-hybridized carbons (Fsp3) is 0.562. The summed E-state index contributed by atoms with van der Waals surface area (Å²) < 4.78 is 5.24. The zero-order valence-electron chi connectivity index (χ0n) is 12.8. The molecule has 2 rings (SSSR count). The zero-order chi connectivity index (χ0) is 15.2. The second-order valence-electron chi connectivity index (χ2n) is 5.46. The molecule has 1 aromatic carbocycles. The van der Waals surface area contributed by atoms with Crippen LogP contribution in [-0.4, -0.2) is 55.3 Å². The maximum Gasteiger partial charge on any atom is 0.222 e. The van der Waals surface area contributed by atoms with Crippen LogP contribution in [0.4, 0.5) is 5.69 Å². The lowest BCUT2D eigenvalue weighted by molar-refractivity contribution is -0.132. The summed E-state index contributed by atoms with van der Waals surface area (Å²) in [6, 6.07) is 7.99. The number of hydrogen-bond donors (Lipinski definition) is 1. The summed E-state index contributed by atoms with van der Waals surface area (Å²) in [6.45, 7) is 4.83. The van der Waals surface area contributed by atoms with E-state index in [0.717, 1.165) is 37.6 Å². The molecule has 0 radical (unpaired) electrons. The Morgan fingerprint density at radius 3 is 2.67 bits per heavy atom. The van der Waals surface area contributed by atoms with Gasteiger partial charge in [-0.3, -0.25) is 4.79 Å². The van der Waals surface area contributed by atoms with Crippen LogP contribution >= 0.6 is 0 Å². The van der Waals surface area contributed by atoms with E-state index in [0.29, 0.717) is 12.8 Å². The summed E-state index contributed by atoms with van der Waals surface area (Å²) in [5.74, 6) is 0.990. The highest BCUT2D eigenvalue weighted by atomic mass is 16.5. The van der Waals surface area contributed by atoms with E-state index in [2.05, 4.69) is 11.0 Å². The molecule has 0 spiro atoms. The Kier molecular flexibility index (Phi) is 5.44. The van der Waals surface area contributed by atoms with Crippen LogP contribution in [0.1, 0.15) is 19.8 Å². The van der Waals surface area contributed by atoms with E-state index in [1.165, 1.54) is 0 Å². The highest BCUT2D eigenvalue weighted by Gasteiger charge is 2.21. The van der Waals surface area contributed by atoms with E-state index in [1.54, 1.807) is 14.0 Å². The largest absolute Gasteiger partial charge is 0.497 e. The van der Waals surface area contributed by atoms with Gasteiger partial charge in [0.25, 0.3) is 0 Å². The molecule has 0 bridgehead atoms. The molecular weight excluding hydrogens is 268 g/mol. The third-order valence-electron chi connectivity index (χ3n) is 3.83. The summed E-state index contributed by atoms with van der Waals surface area (Å²) >= 11 is 0. The van der Waals surface area contributed by atoms with Crippen LogP contribution in [0.5, 0.6) is 5.75 Å². The van der Waals surface area contributed by atoms with Crippen LogP contribution in [0.2, 0.25) is 0 Å². The van der Waals surface area contributed by atoms with E-state index >= 15 is 0 Å². The first-order valence-corrected chi connectivity index (χ1v) is 7.45. The van der Waals surface area contributed by atoms with Crippen LogP contribution in [0, 0.1) is 0 Å². The highest BCUT2D eigenvalue weighted by Crippen LogP contribution is 2.22. The molecule has 0 aromatic heterocycles. The molecule has 1 aliphatic heterocycles. The Labute approximate surface area is 126 Å². The minimum absolute atomic E-state index is 0.140. The Hall–Kier alpha value is -1.75. The van der Waals surface area contributed by atoms with E-state index < -0.39 is 6.10 Å². The average Bonchev–Trinajstić information content (AvgIpc) is 2.52. The predicted molar refractivity (Wildman–Crippen MR) is 82.7 cm³/mol. The molecule has 0 aliphatic carbocycles. The molecule has 1 N–H and O–H groups in total. The van der Waals surface area contributed by atoms with Gasteiger partial charge in [-0.25, -0.2) is 0 Å². The Balaban J connectivity index is 1.86. The van der Waals surface area contributed by atoms with E-state index in [-0.39, 0.29) is 5.91 Å². The lowest BCUT2D eigenvalue weighted by Crippen LogP contribution is -2.48. The molecule has 21 heavy (non-hydrogen) atoms. The fourth-order valence-electron chi connectivity index (χ4n) is 2.51. The summed E-state index contributed by atoms with van der Waals surface area (Å²) in [5, 5.41) is 9.25. The monoisotopic (exact) mass is 292 g/mol. The van der Waals surface area contributed by atoms with Gasteiger partial charge < -0.3 is 19.6 Å². The number of rotatable bonds is 5. The number of nitrogens with zero attached hydrogens (tertiary/aromatic N) is 2. The quantitative estimate of drug-likeness (QED) is 0.893. The van der Waals surface area contributed by atoms with Crippen molar-refractivity contribution in [1.82, 2.24) is 4.90 Å². The molecule has 1 heterocycles. The van der Waals surface area contributed by atoms with Crippen molar-refractivity contribution in [3.8, 4) is 5.75 Å². The summed E-state index contributed by atoms with van der Waals surface area (Å²) in [5.41, 5.74) is 1.13. The number of piperazine rings is 1. The van der Waals surface area contributed by atoms with Crippen molar-refractivity contribution in [3.63, 3.8) is 0 Å².